The number of hydrogen-bond donors (Lipinski definition) is 0. The van der Waals surface area contributed by atoms with Crippen LogP contribution in [0, 0.1) is 0 Å². The van der Waals surface area contributed by atoms with Gasteiger partial charge in [-0.2, -0.15) is 0 Å². The molecule has 0 aliphatic rings. The predicted molar refractivity (Wildman–Crippen MR) is 229 cm³/mol. The first kappa shape index (κ1) is 31.2. The fourth-order valence-electron chi connectivity index (χ4n) is 8.32. The zero-order valence-corrected chi connectivity index (χ0v) is 29.8. The topological polar surface area (TPSA) is 29.5 Å². The van der Waals surface area contributed by atoms with Crippen LogP contribution in [0.25, 0.3) is 88.0 Å². The van der Waals surface area contributed by atoms with Gasteiger partial charge in [-0.25, -0.2) is 0 Å². The molecule has 3 heteroatoms. The minimum Gasteiger partial charge on any atom is -0.456 e. The highest BCUT2D eigenvalue weighted by Crippen LogP contribution is 2.46. The van der Waals surface area contributed by atoms with Crippen LogP contribution in [0.4, 0.5) is 17.1 Å². The second kappa shape index (κ2) is 12.6. The Kier molecular flexibility index (Phi) is 7.17. The van der Waals surface area contributed by atoms with Crippen molar-refractivity contribution in [1.82, 2.24) is 0 Å². The van der Waals surface area contributed by atoms with Crippen LogP contribution >= 0.6 is 0 Å². The van der Waals surface area contributed by atoms with Crippen molar-refractivity contribution >= 4 is 71.7 Å². The SMILES string of the molecule is c1cc(-c2ccc(-c3cccc4ccccc34)cc2)cc(N(c2ccc3oc4ccccc4c3c2)c2ccccc2-c2cccc3oc4ccccc4c23)c1. The fraction of sp³-hybridized carbons (Fsp3) is 0. The summed E-state index contributed by atoms with van der Waals surface area (Å²) in [5, 5.41) is 6.91. The van der Waals surface area contributed by atoms with Gasteiger partial charge in [-0.05, 0) is 93.2 Å². The lowest BCUT2D eigenvalue weighted by molar-refractivity contribution is 0.668. The largest absolute Gasteiger partial charge is 0.456 e. The molecule has 11 aromatic rings. The molecule has 0 aliphatic carbocycles. The van der Waals surface area contributed by atoms with Crippen molar-refractivity contribution < 1.29 is 8.83 Å². The molecule has 0 atom stereocenters. The third-order valence-electron chi connectivity index (χ3n) is 10.9. The zero-order valence-electron chi connectivity index (χ0n) is 29.8. The number of nitrogens with zero attached hydrogens (tertiary/aromatic N) is 1. The average molecular weight is 704 g/mol. The van der Waals surface area contributed by atoms with Crippen LogP contribution in [-0.4, -0.2) is 0 Å². The van der Waals surface area contributed by atoms with Crippen molar-refractivity contribution in [2.45, 2.75) is 0 Å². The Morgan fingerprint density at radius 2 is 0.891 bits per heavy atom. The number of furan rings is 2. The van der Waals surface area contributed by atoms with E-state index in [1.54, 1.807) is 0 Å². The molecule has 0 aliphatic heterocycles. The van der Waals surface area contributed by atoms with E-state index in [1.165, 1.54) is 21.9 Å². The molecule has 0 unspecified atom stereocenters. The summed E-state index contributed by atoms with van der Waals surface area (Å²) in [4.78, 5) is 2.38. The standard InChI is InChI=1S/C52H33NO2/c1-2-16-40-35(12-1)13-10-20-41(40)36-28-26-34(27-29-36)37-14-9-15-38(32-37)53(39-30-31-50-46(33-39)43-18-4-7-23-48(43)54-50)47-22-6-3-17-42(47)44-21-11-25-51-52(44)45-19-5-8-24-49(45)55-51/h1-33H. The van der Waals surface area contributed by atoms with Gasteiger partial charge >= 0.3 is 0 Å². The molecule has 9 aromatic carbocycles. The number of para-hydroxylation sites is 3. The Hall–Kier alpha value is -7.36. The number of anilines is 3. The molecule has 2 heterocycles. The molecule has 0 N–H and O–H groups in total. The van der Waals surface area contributed by atoms with Gasteiger partial charge < -0.3 is 13.7 Å². The Morgan fingerprint density at radius 3 is 1.78 bits per heavy atom. The predicted octanol–water partition coefficient (Wildman–Crippen LogP) is 15.1. The minimum atomic E-state index is 0.868. The van der Waals surface area contributed by atoms with Crippen molar-refractivity contribution in [3.8, 4) is 33.4 Å². The number of hydrogen-bond acceptors (Lipinski definition) is 3. The molecule has 0 fully saturated rings. The average Bonchev–Trinajstić information content (AvgIpc) is 3.82. The number of benzene rings is 9. The van der Waals surface area contributed by atoms with Gasteiger partial charge in [-0.15, -0.1) is 0 Å². The summed E-state index contributed by atoms with van der Waals surface area (Å²) in [5.41, 5.74) is 13.7. The quantitative estimate of drug-likeness (QED) is 0.173. The smallest absolute Gasteiger partial charge is 0.136 e. The summed E-state index contributed by atoms with van der Waals surface area (Å²) in [5.74, 6) is 0. The lowest BCUT2D eigenvalue weighted by atomic mass is 9.95. The van der Waals surface area contributed by atoms with E-state index in [9.17, 15) is 0 Å². The zero-order chi connectivity index (χ0) is 36.3. The van der Waals surface area contributed by atoms with Gasteiger partial charge in [0.05, 0.1) is 5.69 Å². The highest BCUT2D eigenvalue weighted by Gasteiger charge is 2.21. The summed E-state index contributed by atoms with van der Waals surface area (Å²) in [7, 11) is 0. The summed E-state index contributed by atoms with van der Waals surface area (Å²) < 4.78 is 12.6. The lowest BCUT2D eigenvalue weighted by Crippen LogP contribution is -2.11. The molecule has 0 amide bonds. The van der Waals surface area contributed by atoms with E-state index in [4.69, 9.17) is 8.83 Å². The Labute approximate surface area is 317 Å². The van der Waals surface area contributed by atoms with Crippen LogP contribution in [0.3, 0.4) is 0 Å². The van der Waals surface area contributed by atoms with Crippen LogP contribution in [0.5, 0.6) is 0 Å². The molecule has 0 saturated heterocycles. The fourth-order valence-corrected chi connectivity index (χ4v) is 8.32. The monoisotopic (exact) mass is 703 g/mol. The van der Waals surface area contributed by atoms with Crippen LogP contribution < -0.4 is 4.90 Å². The van der Waals surface area contributed by atoms with Gasteiger partial charge in [0.25, 0.3) is 0 Å². The Bertz CT molecular complexity index is 3220. The Morgan fingerprint density at radius 1 is 0.309 bits per heavy atom. The maximum absolute atomic E-state index is 6.36. The second-order valence-electron chi connectivity index (χ2n) is 14.1. The van der Waals surface area contributed by atoms with Gasteiger partial charge in [0.2, 0.25) is 0 Å². The summed E-state index contributed by atoms with van der Waals surface area (Å²) in [6, 6.07) is 71.1. The van der Waals surface area contributed by atoms with Crippen LogP contribution in [0.15, 0.2) is 209 Å². The van der Waals surface area contributed by atoms with Gasteiger partial charge in [-0.1, -0.05) is 146 Å². The van der Waals surface area contributed by atoms with Crippen molar-refractivity contribution in [1.29, 1.82) is 0 Å². The van der Waals surface area contributed by atoms with Crippen LogP contribution in [0.2, 0.25) is 0 Å². The summed E-state index contributed by atoms with van der Waals surface area (Å²) in [6.45, 7) is 0. The number of rotatable bonds is 6. The van der Waals surface area contributed by atoms with Gasteiger partial charge in [0.1, 0.15) is 22.3 Å². The first-order valence-electron chi connectivity index (χ1n) is 18.7. The van der Waals surface area contributed by atoms with Gasteiger partial charge in [-0.3, -0.25) is 0 Å². The molecule has 0 spiro atoms. The van der Waals surface area contributed by atoms with Crippen molar-refractivity contribution in [2.75, 3.05) is 4.90 Å². The first-order chi connectivity index (χ1) is 27.3. The highest BCUT2D eigenvalue weighted by molar-refractivity contribution is 6.14. The molecular formula is C52H33NO2. The molecule has 0 radical (unpaired) electrons. The van der Waals surface area contributed by atoms with E-state index >= 15 is 0 Å². The molecule has 258 valence electrons. The maximum atomic E-state index is 6.36. The Balaban J connectivity index is 1.09. The second-order valence-corrected chi connectivity index (χ2v) is 14.1. The minimum absolute atomic E-state index is 0.868. The molecule has 11 rings (SSSR count). The van der Waals surface area contributed by atoms with Crippen LogP contribution in [0.1, 0.15) is 0 Å². The third-order valence-corrected chi connectivity index (χ3v) is 10.9. The molecule has 55 heavy (non-hydrogen) atoms. The molecule has 2 aromatic heterocycles. The maximum Gasteiger partial charge on any atom is 0.136 e. The number of fused-ring (bicyclic) bond motifs is 7. The molecule has 3 nitrogen and oxygen atoms in total. The highest BCUT2D eigenvalue weighted by atomic mass is 16.3. The van der Waals surface area contributed by atoms with Gasteiger partial charge in [0.15, 0.2) is 0 Å². The molecular weight excluding hydrogens is 671 g/mol. The first-order valence-corrected chi connectivity index (χ1v) is 18.7. The van der Waals surface area contributed by atoms with E-state index in [0.717, 1.165) is 83.2 Å². The van der Waals surface area contributed by atoms with E-state index < -0.39 is 0 Å². The van der Waals surface area contributed by atoms with E-state index in [-0.39, 0.29) is 0 Å². The van der Waals surface area contributed by atoms with Crippen LogP contribution in [-0.2, 0) is 0 Å². The van der Waals surface area contributed by atoms with Gasteiger partial charge in [0, 0.05) is 38.5 Å². The van der Waals surface area contributed by atoms with E-state index in [2.05, 4.69) is 181 Å². The molecule has 0 bridgehead atoms. The van der Waals surface area contributed by atoms with Crippen molar-refractivity contribution in [3.05, 3.63) is 200 Å². The molecule has 0 saturated carbocycles. The third kappa shape index (κ3) is 5.20. The van der Waals surface area contributed by atoms with Crippen molar-refractivity contribution in [2.24, 2.45) is 0 Å². The lowest BCUT2D eigenvalue weighted by Gasteiger charge is -2.28. The summed E-state index contributed by atoms with van der Waals surface area (Å²) in [6.07, 6.45) is 0. The summed E-state index contributed by atoms with van der Waals surface area (Å²) >= 11 is 0. The normalized spacial score (nSPS) is 11.6. The van der Waals surface area contributed by atoms with Crippen molar-refractivity contribution in [3.63, 3.8) is 0 Å². The van der Waals surface area contributed by atoms with E-state index in [1.807, 2.05) is 24.3 Å². The van der Waals surface area contributed by atoms with E-state index in [0.29, 0.717) is 0 Å².